The lowest BCUT2D eigenvalue weighted by atomic mass is 9.91. The van der Waals surface area contributed by atoms with Crippen LogP contribution in [0.15, 0.2) is 42.5 Å². The number of anilines is 1. The van der Waals surface area contributed by atoms with E-state index in [0.29, 0.717) is 26.3 Å². The first-order valence-corrected chi connectivity index (χ1v) is 7.19. The monoisotopic (exact) mass is 343 g/mol. The number of hydrogen-bond acceptors (Lipinski definition) is 2. The molecule has 1 atom stereocenters. The van der Waals surface area contributed by atoms with Gasteiger partial charge in [0.05, 0.1) is 20.8 Å². The maximum Gasteiger partial charge on any atom is 0.333 e. The van der Waals surface area contributed by atoms with E-state index >= 15 is 0 Å². The predicted molar refractivity (Wildman–Crippen MR) is 86.5 cm³/mol. The van der Waals surface area contributed by atoms with E-state index in [1.165, 1.54) is 13.0 Å². The van der Waals surface area contributed by atoms with E-state index in [4.69, 9.17) is 34.8 Å². The minimum atomic E-state index is -1.39. The van der Waals surface area contributed by atoms with Gasteiger partial charge in [0, 0.05) is 0 Å². The summed E-state index contributed by atoms with van der Waals surface area (Å²) in [5, 5.41) is 13.7. The molecule has 21 heavy (non-hydrogen) atoms. The molecule has 0 spiro atoms. The quantitative estimate of drug-likeness (QED) is 0.815. The van der Waals surface area contributed by atoms with Crippen molar-refractivity contribution in [3.05, 3.63) is 63.1 Å². The fourth-order valence-electron chi connectivity index (χ4n) is 1.89. The van der Waals surface area contributed by atoms with Gasteiger partial charge >= 0.3 is 5.97 Å². The van der Waals surface area contributed by atoms with Crippen molar-refractivity contribution >= 4 is 46.5 Å². The molecule has 2 aromatic carbocycles. The molecule has 2 aromatic rings. The number of para-hydroxylation sites is 1. The van der Waals surface area contributed by atoms with Crippen LogP contribution in [0.5, 0.6) is 0 Å². The number of halogens is 3. The molecule has 0 radical (unpaired) electrons. The summed E-state index contributed by atoms with van der Waals surface area (Å²) in [6.07, 6.45) is 0. The minimum Gasteiger partial charge on any atom is -0.479 e. The topological polar surface area (TPSA) is 49.3 Å². The van der Waals surface area contributed by atoms with Gasteiger partial charge in [0.15, 0.2) is 5.54 Å². The number of benzene rings is 2. The number of aliphatic carboxylic acids is 1. The molecule has 2 rings (SSSR count). The molecular formula is C15H12Cl3NO2. The third kappa shape index (κ3) is 3.26. The van der Waals surface area contributed by atoms with Gasteiger partial charge in [0.25, 0.3) is 0 Å². The Kier molecular flexibility index (Phi) is 4.67. The summed E-state index contributed by atoms with van der Waals surface area (Å²) in [5.41, 5.74) is -0.390. The summed E-state index contributed by atoms with van der Waals surface area (Å²) in [7, 11) is 0. The van der Waals surface area contributed by atoms with E-state index in [9.17, 15) is 9.90 Å². The summed E-state index contributed by atoms with van der Waals surface area (Å²) in [4.78, 5) is 11.8. The lowest BCUT2D eigenvalue weighted by molar-refractivity contribution is -0.142. The predicted octanol–water partition coefficient (Wildman–Crippen LogP) is 5.06. The van der Waals surface area contributed by atoms with E-state index in [-0.39, 0.29) is 0 Å². The van der Waals surface area contributed by atoms with E-state index in [1.807, 2.05) is 0 Å². The normalized spacial score (nSPS) is 13.5. The van der Waals surface area contributed by atoms with Crippen LogP contribution in [0.25, 0.3) is 0 Å². The zero-order valence-electron chi connectivity index (χ0n) is 11.0. The average Bonchev–Trinajstić information content (AvgIpc) is 2.44. The number of carbonyl (C=O) groups is 1. The lowest BCUT2D eigenvalue weighted by Crippen LogP contribution is -2.40. The van der Waals surface area contributed by atoms with Crippen molar-refractivity contribution in [3.8, 4) is 0 Å². The number of carboxylic acids is 1. The van der Waals surface area contributed by atoms with Gasteiger partial charge in [0.1, 0.15) is 0 Å². The molecule has 0 fully saturated rings. The largest absolute Gasteiger partial charge is 0.479 e. The fraction of sp³-hybridized carbons (Fsp3) is 0.133. The van der Waals surface area contributed by atoms with Gasteiger partial charge in [0.2, 0.25) is 0 Å². The highest BCUT2D eigenvalue weighted by Crippen LogP contribution is 2.33. The summed E-state index contributed by atoms with van der Waals surface area (Å²) in [6, 6.07) is 11.6. The lowest BCUT2D eigenvalue weighted by Gasteiger charge is -2.28. The van der Waals surface area contributed by atoms with Crippen LogP contribution in [0.2, 0.25) is 15.1 Å². The Hall–Kier alpha value is -1.42. The number of nitrogens with one attached hydrogen (secondary N) is 1. The van der Waals surface area contributed by atoms with Crippen LogP contribution in [0.3, 0.4) is 0 Å². The third-order valence-corrected chi connectivity index (χ3v) is 4.25. The molecule has 0 aliphatic carbocycles. The molecule has 0 amide bonds. The molecule has 3 nitrogen and oxygen atoms in total. The van der Waals surface area contributed by atoms with Crippen molar-refractivity contribution < 1.29 is 9.90 Å². The van der Waals surface area contributed by atoms with Crippen LogP contribution in [0.1, 0.15) is 12.5 Å². The second-order valence-corrected chi connectivity index (χ2v) is 5.89. The Morgan fingerprint density at radius 3 is 2.29 bits per heavy atom. The first kappa shape index (κ1) is 16.0. The average molecular weight is 345 g/mol. The van der Waals surface area contributed by atoms with Gasteiger partial charge < -0.3 is 10.4 Å². The number of hydrogen-bond donors (Lipinski definition) is 2. The van der Waals surface area contributed by atoms with Crippen LogP contribution in [0.4, 0.5) is 5.69 Å². The summed E-state index contributed by atoms with van der Waals surface area (Å²) in [5.74, 6) is -1.05. The molecule has 0 saturated heterocycles. The van der Waals surface area contributed by atoms with E-state index in [2.05, 4.69) is 5.32 Å². The van der Waals surface area contributed by atoms with Crippen molar-refractivity contribution in [2.75, 3.05) is 5.32 Å². The highest BCUT2D eigenvalue weighted by atomic mass is 35.5. The Morgan fingerprint density at radius 1 is 1.05 bits per heavy atom. The SMILES string of the molecule is CC(Nc1ccccc1Cl)(C(=O)O)c1ccc(Cl)c(Cl)c1. The van der Waals surface area contributed by atoms with Crippen LogP contribution >= 0.6 is 34.8 Å². The Bertz CT molecular complexity index is 690. The molecule has 2 N–H and O–H groups in total. The summed E-state index contributed by atoms with van der Waals surface area (Å²) in [6.45, 7) is 1.54. The molecule has 110 valence electrons. The highest BCUT2D eigenvalue weighted by molar-refractivity contribution is 6.42. The summed E-state index contributed by atoms with van der Waals surface area (Å²) >= 11 is 17.9. The first-order chi connectivity index (χ1) is 9.84. The van der Waals surface area contributed by atoms with Gasteiger partial charge in [-0.25, -0.2) is 4.79 Å². The molecule has 0 aromatic heterocycles. The van der Waals surface area contributed by atoms with E-state index < -0.39 is 11.5 Å². The zero-order chi connectivity index (χ0) is 15.6. The zero-order valence-corrected chi connectivity index (χ0v) is 13.3. The molecule has 0 aliphatic heterocycles. The van der Waals surface area contributed by atoms with E-state index in [0.717, 1.165) is 0 Å². The Morgan fingerprint density at radius 2 is 1.71 bits per heavy atom. The van der Waals surface area contributed by atoms with Crippen molar-refractivity contribution in [1.29, 1.82) is 0 Å². The van der Waals surface area contributed by atoms with Gasteiger partial charge in [-0.1, -0.05) is 53.0 Å². The van der Waals surface area contributed by atoms with Gasteiger partial charge in [-0.3, -0.25) is 0 Å². The van der Waals surface area contributed by atoms with Crippen LogP contribution < -0.4 is 5.32 Å². The van der Waals surface area contributed by atoms with Crippen molar-refractivity contribution in [1.82, 2.24) is 0 Å². The second-order valence-electron chi connectivity index (χ2n) is 4.66. The highest BCUT2D eigenvalue weighted by Gasteiger charge is 2.36. The minimum absolute atomic E-state index is 0.294. The molecule has 1 unspecified atom stereocenters. The van der Waals surface area contributed by atoms with Crippen LogP contribution in [-0.2, 0) is 10.3 Å². The maximum atomic E-state index is 11.8. The molecule has 0 heterocycles. The van der Waals surface area contributed by atoms with Crippen LogP contribution in [0, 0.1) is 0 Å². The second kappa shape index (κ2) is 6.14. The fourth-order valence-corrected chi connectivity index (χ4v) is 2.37. The molecular weight excluding hydrogens is 333 g/mol. The maximum absolute atomic E-state index is 11.8. The Labute approximate surface area is 137 Å². The van der Waals surface area contributed by atoms with Crippen molar-refractivity contribution in [2.45, 2.75) is 12.5 Å². The number of carboxylic acid groups (broad SMARTS) is 1. The van der Waals surface area contributed by atoms with Crippen molar-refractivity contribution in [3.63, 3.8) is 0 Å². The van der Waals surface area contributed by atoms with E-state index in [1.54, 1.807) is 36.4 Å². The standard InChI is InChI=1S/C15H12Cl3NO2/c1-15(14(20)21,9-6-7-10(16)12(18)8-9)19-13-5-3-2-4-11(13)17/h2-8,19H,1H3,(H,20,21). The Balaban J connectivity index is 2.48. The third-order valence-electron chi connectivity index (χ3n) is 3.18. The number of rotatable bonds is 4. The van der Waals surface area contributed by atoms with Gasteiger partial charge in [-0.15, -0.1) is 0 Å². The summed E-state index contributed by atoms with van der Waals surface area (Å²) < 4.78 is 0. The van der Waals surface area contributed by atoms with Crippen molar-refractivity contribution in [2.24, 2.45) is 0 Å². The first-order valence-electron chi connectivity index (χ1n) is 6.06. The molecule has 0 bridgehead atoms. The molecule has 0 aliphatic rings. The molecule has 0 saturated carbocycles. The van der Waals surface area contributed by atoms with Crippen LogP contribution in [-0.4, -0.2) is 11.1 Å². The van der Waals surface area contributed by atoms with Gasteiger partial charge in [-0.05, 0) is 36.8 Å². The molecule has 6 heteroatoms. The van der Waals surface area contributed by atoms with Gasteiger partial charge in [-0.2, -0.15) is 0 Å². The smallest absolute Gasteiger partial charge is 0.333 e.